The van der Waals surface area contributed by atoms with Crippen LogP contribution in [0.5, 0.6) is 0 Å². The lowest BCUT2D eigenvalue weighted by molar-refractivity contribution is 0.307. The minimum absolute atomic E-state index is 0.628. The highest BCUT2D eigenvalue weighted by Gasteiger charge is 2.05. The first-order valence-electron chi connectivity index (χ1n) is 7.69. The van der Waals surface area contributed by atoms with Gasteiger partial charge in [0, 0.05) is 18.6 Å². The van der Waals surface area contributed by atoms with Crippen molar-refractivity contribution in [2.24, 2.45) is 7.05 Å². The van der Waals surface area contributed by atoms with Crippen LogP contribution in [0.3, 0.4) is 0 Å². The molecule has 0 unspecified atom stereocenters. The van der Waals surface area contributed by atoms with Crippen molar-refractivity contribution in [2.75, 3.05) is 12.4 Å². The molecule has 126 valence electrons. The third kappa shape index (κ3) is 4.77. The van der Waals surface area contributed by atoms with E-state index in [1.807, 2.05) is 79.4 Å². The van der Waals surface area contributed by atoms with Crippen LogP contribution in [-0.2, 0) is 18.3 Å². The zero-order chi connectivity index (χ0) is 17.4. The number of benzene rings is 1. The molecular formula is C19H22ClN3O. The summed E-state index contributed by atoms with van der Waals surface area (Å²) in [7, 11) is 3.62. The largest absolute Gasteiger partial charge is 0.497 e. The van der Waals surface area contributed by atoms with Crippen LogP contribution in [0.2, 0.25) is 5.02 Å². The van der Waals surface area contributed by atoms with Crippen LogP contribution < -0.4 is 5.32 Å². The van der Waals surface area contributed by atoms with E-state index in [-0.39, 0.29) is 0 Å². The fraction of sp³-hybridized carbons (Fsp3) is 0.211. The van der Waals surface area contributed by atoms with Gasteiger partial charge in [-0.25, -0.2) is 4.98 Å². The molecule has 5 heteroatoms. The molecule has 1 aromatic heterocycles. The van der Waals surface area contributed by atoms with Gasteiger partial charge >= 0.3 is 0 Å². The highest BCUT2D eigenvalue weighted by atomic mass is 35.5. The average molecular weight is 344 g/mol. The van der Waals surface area contributed by atoms with E-state index >= 15 is 0 Å². The van der Waals surface area contributed by atoms with Gasteiger partial charge in [-0.2, -0.15) is 0 Å². The van der Waals surface area contributed by atoms with Crippen LogP contribution in [0.1, 0.15) is 18.2 Å². The van der Waals surface area contributed by atoms with Crippen molar-refractivity contribution in [2.45, 2.75) is 13.5 Å². The second-order valence-corrected chi connectivity index (χ2v) is 5.55. The molecule has 0 radical (unpaired) electrons. The SMILES string of the molecule is C\C=C/C(=C\C=C\c1cnc(NCc2ccccc2Cl)n1C)OC. The Bertz CT molecular complexity index is 760. The molecule has 1 aromatic carbocycles. The number of ether oxygens (including phenoxy) is 1. The van der Waals surface area contributed by atoms with Crippen molar-refractivity contribution in [3.8, 4) is 0 Å². The number of hydrogen-bond donors (Lipinski definition) is 1. The molecule has 0 aliphatic heterocycles. The number of aromatic nitrogens is 2. The van der Waals surface area contributed by atoms with E-state index in [1.54, 1.807) is 7.11 Å². The summed E-state index contributed by atoms with van der Waals surface area (Å²) in [4.78, 5) is 4.41. The summed E-state index contributed by atoms with van der Waals surface area (Å²) >= 11 is 6.17. The van der Waals surface area contributed by atoms with Crippen molar-refractivity contribution in [3.63, 3.8) is 0 Å². The number of methoxy groups -OCH3 is 1. The second-order valence-electron chi connectivity index (χ2n) is 5.14. The van der Waals surface area contributed by atoms with Gasteiger partial charge in [-0.1, -0.05) is 42.0 Å². The first kappa shape index (κ1) is 17.9. The first-order chi connectivity index (χ1) is 11.7. The molecule has 24 heavy (non-hydrogen) atoms. The Balaban J connectivity index is 2.04. The second kappa shape index (κ2) is 8.99. The molecule has 0 amide bonds. The predicted molar refractivity (Wildman–Crippen MR) is 101 cm³/mol. The highest BCUT2D eigenvalue weighted by molar-refractivity contribution is 6.31. The van der Waals surface area contributed by atoms with Crippen molar-refractivity contribution in [1.82, 2.24) is 9.55 Å². The number of nitrogens with zero attached hydrogens (tertiary/aromatic N) is 2. The maximum Gasteiger partial charge on any atom is 0.203 e. The molecule has 0 atom stereocenters. The van der Waals surface area contributed by atoms with Gasteiger partial charge in [-0.3, -0.25) is 0 Å². The molecule has 2 rings (SSSR count). The number of hydrogen-bond acceptors (Lipinski definition) is 3. The Morgan fingerprint density at radius 1 is 1.38 bits per heavy atom. The van der Waals surface area contributed by atoms with Crippen LogP contribution in [0.25, 0.3) is 6.08 Å². The molecular weight excluding hydrogens is 322 g/mol. The fourth-order valence-electron chi connectivity index (χ4n) is 2.16. The van der Waals surface area contributed by atoms with E-state index in [4.69, 9.17) is 16.3 Å². The molecule has 0 saturated carbocycles. The summed E-state index contributed by atoms with van der Waals surface area (Å²) in [6.07, 6.45) is 11.5. The molecule has 1 N–H and O–H groups in total. The Hall–Kier alpha value is -2.46. The van der Waals surface area contributed by atoms with Crippen molar-refractivity contribution < 1.29 is 4.74 Å². The maximum absolute atomic E-state index is 6.17. The Labute approximate surface area is 148 Å². The molecule has 0 bridgehead atoms. The van der Waals surface area contributed by atoms with E-state index in [0.29, 0.717) is 6.54 Å². The number of allylic oxidation sites excluding steroid dienone is 4. The molecule has 0 aliphatic carbocycles. The summed E-state index contributed by atoms with van der Waals surface area (Å²) in [5.41, 5.74) is 2.03. The topological polar surface area (TPSA) is 39.1 Å². The molecule has 0 aliphatic rings. The minimum atomic E-state index is 0.628. The first-order valence-corrected chi connectivity index (χ1v) is 8.07. The van der Waals surface area contributed by atoms with Gasteiger partial charge in [0.05, 0.1) is 19.0 Å². The van der Waals surface area contributed by atoms with Crippen molar-refractivity contribution in [3.05, 3.63) is 76.8 Å². The average Bonchev–Trinajstić information content (AvgIpc) is 2.93. The van der Waals surface area contributed by atoms with Gasteiger partial charge < -0.3 is 14.6 Å². The zero-order valence-electron chi connectivity index (χ0n) is 14.2. The summed E-state index contributed by atoms with van der Waals surface area (Å²) in [5, 5.41) is 4.05. The smallest absolute Gasteiger partial charge is 0.203 e. The van der Waals surface area contributed by atoms with Crippen LogP contribution in [0.4, 0.5) is 5.95 Å². The maximum atomic E-state index is 6.17. The van der Waals surface area contributed by atoms with Gasteiger partial charge in [0.2, 0.25) is 5.95 Å². The van der Waals surface area contributed by atoms with Crippen molar-refractivity contribution in [1.29, 1.82) is 0 Å². The third-order valence-corrected chi connectivity index (χ3v) is 3.88. The number of rotatable bonds is 7. The zero-order valence-corrected chi connectivity index (χ0v) is 14.9. The minimum Gasteiger partial charge on any atom is -0.497 e. The standard InChI is InChI=1S/C19H22ClN3O/c1-4-8-17(24-3)11-7-10-16-14-22-19(23(16)2)21-13-15-9-5-6-12-18(15)20/h4-12,14H,13H2,1-3H3,(H,21,22)/b8-4-,10-7+,17-11+. The predicted octanol–water partition coefficient (Wildman–Crippen LogP) is 4.81. The Kier molecular flexibility index (Phi) is 6.70. The summed E-state index contributed by atoms with van der Waals surface area (Å²) < 4.78 is 7.23. The van der Waals surface area contributed by atoms with Gasteiger partial charge in [0.1, 0.15) is 5.76 Å². The lowest BCUT2D eigenvalue weighted by Gasteiger charge is -2.08. The lowest BCUT2D eigenvalue weighted by Crippen LogP contribution is -2.06. The van der Waals surface area contributed by atoms with E-state index in [9.17, 15) is 0 Å². The van der Waals surface area contributed by atoms with Crippen LogP contribution >= 0.6 is 11.6 Å². The molecule has 2 aromatic rings. The van der Waals surface area contributed by atoms with E-state index < -0.39 is 0 Å². The van der Waals surface area contributed by atoms with Crippen LogP contribution in [0, 0.1) is 0 Å². The monoisotopic (exact) mass is 343 g/mol. The third-order valence-electron chi connectivity index (χ3n) is 3.51. The van der Waals surface area contributed by atoms with Gasteiger partial charge in [0.15, 0.2) is 0 Å². The highest BCUT2D eigenvalue weighted by Crippen LogP contribution is 2.17. The van der Waals surface area contributed by atoms with E-state index in [1.165, 1.54) is 0 Å². The van der Waals surface area contributed by atoms with Gasteiger partial charge in [-0.15, -0.1) is 0 Å². The molecule has 1 heterocycles. The van der Waals surface area contributed by atoms with E-state index in [2.05, 4.69) is 10.3 Å². The fourth-order valence-corrected chi connectivity index (χ4v) is 2.36. The quantitative estimate of drug-likeness (QED) is 0.579. The lowest BCUT2D eigenvalue weighted by atomic mass is 10.2. The van der Waals surface area contributed by atoms with Crippen LogP contribution in [0.15, 0.2) is 60.5 Å². The normalized spacial score (nSPS) is 12.2. The molecule has 0 spiro atoms. The Morgan fingerprint density at radius 2 is 2.17 bits per heavy atom. The number of halogens is 1. The summed E-state index contributed by atoms with van der Waals surface area (Å²) in [6.45, 7) is 2.58. The molecule has 0 fully saturated rings. The van der Waals surface area contributed by atoms with Crippen molar-refractivity contribution >= 4 is 23.6 Å². The number of nitrogens with one attached hydrogen (secondary N) is 1. The summed E-state index contributed by atoms with van der Waals surface area (Å²) in [5.74, 6) is 1.59. The molecule has 4 nitrogen and oxygen atoms in total. The summed E-state index contributed by atoms with van der Waals surface area (Å²) in [6, 6.07) is 7.78. The van der Waals surface area contributed by atoms with Gasteiger partial charge in [-0.05, 0) is 36.8 Å². The van der Waals surface area contributed by atoms with Crippen LogP contribution in [-0.4, -0.2) is 16.7 Å². The van der Waals surface area contributed by atoms with Gasteiger partial charge in [0.25, 0.3) is 0 Å². The molecule has 0 saturated heterocycles. The number of anilines is 1. The Morgan fingerprint density at radius 3 is 2.88 bits per heavy atom. The number of imidazole rings is 1. The van der Waals surface area contributed by atoms with E-state index in [0.717, 1.165) is 28.0 Å².